The molecule has 0 unspecified atom stereocenters. The SMILES string of the molecule is Cc1cc(C(=O)O)ccc1OCCC(C)C. The van der Waals surface area contributed by atoms with Gasteiger partial charge in [0.05, 0.1) is 12.2 Å². The van der Waals surface area contributed by atoms with Crippen molar-refractivity contribution in [1.82, 2.24) is 0 Å². The summed E-state index contributed by atoms with van der Waals surface area (Å²) in [6.07, 6.45) is 1.00. The number of carboxylic acids is 1. The molecule has 0 aromatic heterocycles. The number of aromatic carboxylic acids is 1. The van der Waals surface area contributed by atoms with E-state index in [4.69, 9.17) is 9.84 Å². The van der Waals surface area contributed by atoms with Crippen LogP contribution in [0, 0.1) is 12.8 Å². The summed E-state index contributed by atoms with van der Waals surface area (Å²) in [6.45, 7) is 6.82. The van der Waals surface area contributed by atoms with E-state index in [1.54, 1.807) is 18.2 Å². The van der Waals surface area contributed by atoms with Crippen molar-refractivity contribution in [2.75, 3.05) is 6.61 Å². The second kappa shape index (κ2) is 5.54. The minimum Gasteiger partial charge on any atom is -0.493 e. The van der Waals surface area contributed by atoms with Gasteiger partial charge in [-0.1, -0.05) is 13.8 Å². The smallest absolute Gasteiger partial charge is 0.335 e. The first-order valence-electron chi connectivity index (χ1n) is 5.47. The molecule has 1 rings (SSSR count). The van der Waals surface area contributed by atoms with Gasteiger partial charge in [0.1, 0.15) is 5.75 Å². The van der Waals surface area contributed by atoms with E-state index < -0.39 is 5.97 Å². The molecule has 1 aromatic rings. The van der Waals surface area contributed by atoms with E-state index in [9.17, 15) is 4.79 Å². The second-order valence-electron chi connectivity index (χ2n) is 4.32. The molecule has 0 amide bonds. The lowest BCUT2D eigenvalue weighted by Gasteiger charge is -2.10. The van der Waals surface area contributed by atoms with E-state index >= 15 is 0 Å². The van der Waals surface area contributed by atoms with Crippen LogP contribution in [0.2, 0.25) is 0 Å². The van der Waals surface area contributed by atoms with Gasteiger partial charge in [0.2, 0.25) is 0 Å². The van der Waals surface area contributed by atoms with Gasteiger partial charge in [-0.25, -0.2) is 4.79 Å². The zero-order valence-corrected chi connectivity index (χ0v) is 9.99. The monoisotopic (exact) mass is 222 g/mol. The van der Waals surface area contributed by atoms with E-state index in [2.05, 4.69) is 13.8 Å². The first kappa shape index (κ1) is 12.6. The summed E-state index contributed by atoms with van der Waals surface area (Å²) in [5.41, 5.74) is 1.16. The lowest BCUT2D eigenvalue weighted by molar-refractivity contribution is 0.0696. The molecule has 16 heavy (non-hydrogen) atoms. The van der Waals surface area contributed by atoms with Crippen LogP contribution in [0.5, 0.6) is 5.75 Å². The number of benzene rings is 1. The third-order valence-corrected chi connectivity index (χ3v) is 2.37. The van der Waals surface area contributed by atoms with Crippen LogP contribution in [-0.2, 0) is 0 Å². The van der Waals surface area contributed by atoms with Crippen molar-refractivity contribution in [2.45, 2.75) is 27.2 Å². The zero-order valence-electron chi connectivity index (χ0n) is 9.99. The maximum atomic E-state index is 10.7. The number of carbonyl (C=O) groups is 1. The second-order valence-corrected chi connectivity index (χ2v) is 4.32. The molecule has 0 radical (unpaired) electrons. The van der Waals surface area contributed by atoms with Gasteiger partial charge in [-0.3, -0.25) is 0 Å². The fourth-order valence-corrected chi connectivity index (χ4v) is 1.35. The normalized spacial score (nSPS) is 10.5. The van der Waals surface area contributed by atoms with E-state index in [0.717, 1.165) is 17.7 Å². The molecule has 0 bridgehead atoms. The maximum Gasteiger partial charge on any atom is 0.335 e. The van der Waals surface area contributed by atoms with Gasteiger partial charge in [-0.2, -0.15) is 0 Å². The fourth-order valence-electron chi connectivity index (χ4n) is 1.35. The Morgan fingerprint density at radius 2 is 2.12 bits per heavy atom. The number of hydrogen-bond acceptors (Lipinski definition) is 2. The molecule has 88 valence electrons. The molecular formula is C13H18O3. The Labute approximate surface area is 96.1 Å². The van der Waals surface area contributed by atoms with Crippen LogP contribution in [0.25, 0.3) is 0 Å². The fraction of sp³-hybridized carbons (Fsp3) is 0.462. The van der Waals surface area contributed by atoms with Crippen molar-refractivity contribution >= 4 is 5.97 Å². The number of rotatable bonds is 5. The molecule has 1 N–H and O–H groups in total. The minimum absolute atomic E-state index is 0.300. The Kier molecular flexibility index (Phi) is 4.35. The molecule has 0 spiro atoms. The number of carboxylic acid groups (broad SMARTS) is 1. The maximum absolute atomic E-state index is 10.7. The highest BCUT2D eigenvalue weighted by molar-refractivity contribution is 5.88. The standard InChI is InChI=1S/C13H18O3/c1-9(2)6-7-16-12-5-4-11(13(14)15)8-10(12)3/h4-5,8-9H,6-7H2,1-3H3,(H,14,15). The van der Waals surface area contributed by atoms with Crippen molar-refractivity contribution in [3.8, 4) is 5.75 Å². The van der Waals surface area contributed by atoms with Crippen molar-refractivity contribution in [3.63, 3.8) is 0 Å². The van der Waals surface area contributed by atoms with Gasteiger partial charge >= 0.3 is 5.97 Å². The van der Waals surface area contributed by atoms with Crippen LogP contribution in [-0.4, -0.2) is 17.7 Å². The lowest BCUT2D eigenvalue weighted by atomic mass is 10.1. The Morgan fingerprint density at radius 3 is 2.62 bits per heavy atom. The predicted octanol–water partition coefficient (Wildman–Crippen LogP) is 3.12. The van der Waals surface area contributed by atoms with Crippen LogP contribution in [0.1, 0.15) is 36.2 Å². The molecule has 0 saturated carbocycles. The molecule has 0 fully saturated rings. The Bertz CT molecular complexity index is 369. The van der Waals surface area contributed by atoms with Gasteiger partial charge in [0.15, 0.2) is 0 Å². The van der Waals surface area contributed by atoms with E-state index in [1.165, 1.54) is 0 Å². The van der Waals surface area contributed by atoms with Gasteiger partial charge in [-0.15, -0.1) is 0 Å². The molecule has 3 nitrogen and oxygen atoms in total. The summed E-state index contributed by atoms with van der Waals surface area (Å²) in [7, 11) is 0. The highest BCUT2D eigenvalue weighted by atomic mass is 16.5. The molecule has 3 heteroatoms. The van der Waals surface area contributed by atoms with E-state index in [-0.39, 0.29) is 0 Å². The van der Waals surface area contributed by atoms with Crippen molar-refractivity contribution < 1.29 is 14.6 Å². The first-order valence-corrected chi connectivity index (χ1v) is 5.47. The molecule has 0 aliphatic carbocycles. The largest absolute Gasteiger partial charge is 0.493 e. The number of aryl methyl sites for hydroxylation is 1. The highest BCUT2D eigenvalue weighted by Gasteiger charge is 2.06. The molecule has 0 aliphatic heterocycles. The summed E-state index contributed by atoms with van der Waals surface area (Å²) in [5, 5.41) is 8.81. The Morgan fingerprint density at radius 1 is 1.44 bits per heavy atom. The van der Waals surface area contributed by atoms with Gasteiger partial charge in [0.25, 0.3) is 0 Å². The summed E-state index contributed by atoms with van der Waals surface area (Å²) < 4.78 is 5.59. The zero-order chi connectivity index (χ0) is 12.1. The summed E-state index contributed by atoms with van der Waals surface area (Å²) in [4.78, 5) is 10.7. The van der Waals surface area contributed by atoms with Crippen molar-refractivity contribution in [3.05, 3.63) is 29.3 Å². The average Bonchev–Trinajstić information content (AvgIpc) is 2.19. The Balaban J connectivity index is 2.64. The van der Waals surface area contributed by atoms with Crippen LogP contribution in [0.15, 0.2) is 18.2 Å². The summed E-state index contributed by atoms with van der Waals surface area (Å²) >= 11 is 0. The van der Waals surface area contributed by atoms with Crippen LogP contribution in [0.4, 0.5) is 0 Å². The third-order valence-electron chi connectivity index (χ3n) is 2.37. The van der Waals surface area contributed by atoms with Gasteiger partial charge in [-0.05, 0) is 43.0 Å². The van der Waals surface area contributed by atoms with Gasteiger partial charge in [0, 0.05) is 0 Å². The molecule has 0 atom stereocenters. The first-order chi connectivity index (χ1) is 7.50. The van der Waals surface area contributed by atoms with Crippen LogP contribution in [0.3, 0.4) is 0 Å². The molecule has 0 heterocycles. The van der Waals surface area contributed by atoms with Crippen molar-refractivity contribution in [1.29, 1.82) is 0 Å². The van der Waals surface area contributed by atoms with Crippen LogP contribution >= 0.6 is 0 Å². The number of ether oxygens (including phenoxy) is 1. The summed E-state index contributed by atoms with van der Waals surface area (Å²) in [5.74, 6) is 0.473. The lowest BCUT2D eigenvalue weighted by Crippen LogP contribution is -2.03. The number of hydrogen-bond donors (Lipinski definition) is 1. The van der Waals surface area contributed by atoms with Crippen LogP contribution < -0.4 is 4.74 Å². The van der Waals surface area contributed by atoms with Gasteiger partial charge < -0.3 is 9.84 Å². The quantitative estimate of drug-likeness (QED) is 0.832. The van der Waals surface area contributed by atoms with E-state index in [1.807, 2.05) is 6.92 Å². The minimum atomic E-state index is -0.906. The molecule has 0 aliphatic rings. The van der Waals surface area contributed by atoms with Crippen molar-refractivity contribution in [2.24, 2.45) is 5.92 Å². The average molecular weight is 222 g/mol. The molecule has 1 aromatic carbocycles. The molecular weight excluding hydrogens is 204 g/mol. The summed E-state index contributed by atoms with van der Waals surface area (Å²) in [6, 6.07) is 4.92. The van der Waals surface area contributed by atoms with E-state index in [0.29, 0.717) is 18.1 Å². The predicted molar refractivity (Wildman–Crippen MR) is 63.1 cm³/mol. The molecule has 0 saturated heterocycles. The Hall–Kier alpha value is -1.51. The topological polar surface area (TPSA) is 46.5 Å². The highest BCUT2D eigenvalue weighted by Crippen LogP contribution is 2.19. The third kappa shape index (κ3) is 3.57.